The number of carbonyl (C=O) groups is 1. The fraction of sp³-hybridized carbons (Fsp3) is 0.385. The van der Waals surface area contributed by atoms with Gasteiger partial charge in [0, 0.05) is 35.5 Å². The van der Waals surface area contributed by atoms with Crippen molar-refractivity contribution in [3.8, 4) is 0 Å². The molecule has 37 heavy (non-hydrogen) atoms. The van der Waals surface area contributed by atoms with Crippen LogP contribution < -0.4 is 5.32 Å². The number of sulfonamides is 1. The zero-order chi connectivity index (χ0) is 26.7. The first-order valence-electron chi connectivity index (χ1n) is 12.0. The molecular formula is C26H29F2N3O4S2. The molecule has 0 spiro atoms. The van der Waals surface area contributed by atoms with E-state index in [1.807, 2.05) is 17.5 Å². The Kier molecular flexibility index (Phi) is 8.25. The Morgan fingerprint density at radius 1 is 1.22 bits per heavy atom. The highest BCUT2D eigenvalue weighted by Gasteiger charge is 2.36. The summed E-state index contributed by atoms with van der Waals surface area (Å²) in [5.41, 5.74) is 0.252. The van der Waals surface area contributed by atoms with Crippen LogP contribution in [0.3, 0.4) is 0 Å². The summed E-state index contributed by atoms with van der Waals surface area (Å²) in [5.74, 6) is -1.69. The van der Waals surface area contributed by atoms with Crippen molar-refractivity contribution < 1.29 is 26.5 Å². The number of thiophene rings is 1. The van der Waals surface area contributed by atoms with E-state index < -0.39 is 21.7 Å². The number of nitrogens with zero attached hydrogens (tertiary/aromatic N) is 2. The van der Waals surface area contributed by atoms with Gasteiger partial charge in [0.2, 0.25) is 15.9 Å². The van der Waals surface area contributed by atoms with Crippen LogP contribution in [0.1, 0.15) is 54.6 Å². The number of nitrogens with one attached hydrogen (secondary N) is 1. The van der Waals surface area contributed by atoms with Crippen LogP contribution in [-0.2, 0) is 14.8 Å². The molecule has 1 aromatic carbocycles. The van der Waals surface area contributed by atoms with Crippen molar-refractivity contribution in [1.82, 2.24) is 14.8 Å². The van der Waals surface area contributed by atoms with E-state index in [4.69, 9.17) is 4.52 Å². The standard InChI is InChI=1S/C26H29F2N3O4S2/c1-16(2)24(23-5-4-14-36-23)29-26(32)19-10-12-31(13-11-19)37(33,34)25-17(3)30-35-22(25)9-7-18-6-8-20(27)15-21(18)28/h4-9,14-16,19,24H,10-13H2,1-3H3,(H,29,32)/b9-7+/t24-/m0/s1. The number of benzene rings is 1. The van der Waals surface area contributed by atoms with Crippen LogP contribution in [-0.4, -0.2) is 36.9 Å². The molecular weight excluding hydrogens is 520 g/mol. The number of aromatic nitrogens is 1. The van der Waals surface area contributed by atoms with E-state index >= 15 is 0 Å². The van der Waals surface area contributed by atoms with E-state index in [1.54, 1.807) is 11.3 Å². The second-order valence-corrected chi connectivity index (χ2v) is 12.2. The highest BCUT2D eigenvalue weighted by Crippen LogP contribution is 2.31. The van der Waals surface area contributed by atoms with Crippen LogP contribution in [0.4, 0.5) is 8.78 Å². The molecule has 2 aromatic heterocycles. The highest BCUT2D eigenvalue weighted by atomic mass is 32.2. The van der Waals surface area contributed by atoms with Crippen molar-refractivity contribution in [3.05, 3.63) is 69.2 Å². The maximum absolute atomic E-state index is 14.0. The minimum Gasteiger partial charge on any atom is -0.355 e. The number of amides is 1. The summed E-state index contributed by atoms with van der Waals surface area (Å²) in [6, 6.07) is 6.97. The van der Waals surface area contributed by atoms with E-state index in [9.17, 15) is 22.0 Å². The van der Waals surface area contributed by atoms with Gasteiger partial charge in [-0.05, 0) is 61.4 Å². The summed E-state index contributed by atoms with van der Waals surface area (Å²) in [4.78, 5) is 14.0. The average Bonchev–Trinajstić information content (AvgIpc) is 3.52. The van der Waals surface area contributed by atoms with E-state index in [-0.39, 0.29) is 58.8 Å². The van der Waals surface area contributed by atoms with Gasteiger partial charge >= 0.3 is 0 Å². The maximum atomic E-state index is 14.0. The van der Waals surface area contributed by atoms with Crippen LogP contribution in [0.5, 0.6) is 0 Å². The van der Waals surface area contributed by atoms with Gasteiger partial charge in [-0.25, -0.2) is 17.2 Å². The van der Waals surface area contributed by atoms with Crippen molar-refractivity contribution in [3.63, 3.8) is 0 Å². The number of aryl methyl sites for hydroxylation is 1. The van der Waals surface area contributed by atoms with Crippen molar-refractivity contribution in [2.24, 2.45) is 11.8 Å². The molecule has 3 heterocycles. The molecule has 198 valence electrons. The predicted octanol–water partition coefficient (Wildman–Crippen LogP) is 5.41. The quantitative estimate of drug-likeness (QED) is 0.406. The molecule has 4 rings (SSSR count). The minimum absolute atomic E-state index is 0.0446. The van der Waals surface area contributed by atoms with Gasteiger partial charge in [-0.1, -0.05) is 25.1 Å². The number of halogens is 2. The summed E-state index contributed by atoms with van der Waals surface area (Å²) < 4.78 is 60.7. The first-order valence-corrected chi connectivity index (χ1v) is 14.3. The largest absolute Gasteiger partial charge is 0.355 e. The SMILES string of the molecule is Cc1noc(/C=C/c2ccc(F)cc2F)c1S(=O)(=O)N1CCC(C(=O)N[C@H](c2cccs2)C(C)C)CC1. The van der Waals surface area contributed by atoms with Crippen molar-refractivity contribution >= 4 is 39.4 Å². The van der Waals surface area contributed by atoms with E-state index in [1.165, 1.54) is 29.4 Å². The lowest BCUT2D eigenvalue weighted by molar-refractivity contribution is -0.127. The summed E-state index contributed by atoms with van der Waals surface area (Å²) in [5, 5.41) is 8.92. The molecule has 1 aliphatic rings. The molecule has 1 amide bonds. The van der Waals surface area contributed by atoms with Gasteiger partial charge in [-0.15, -0.1) is 11.3 Å². The highest BCUT2D eigenvalue weighted by molar-refractivity contribution is 7.89. The summed E-state index contributed by atoms with van der Waals surface area (Å²) in [6.45, 7) is 5.97. The molecule has 7 nitrogen and oxygen atoms in total. The van der Waals surface area contributed by atoms with Gasteiger partial charge in [0.25, 0.3) is 0 Å². The lowest BCUT2D eigenvalue weighted by atomic mass is 9.95. The first-order chi connectivity index (χ1) is 17.6. The lowest BCUT2D eigenvalue weighted by Gasteiger charge is -2.32. The Labute approximate surface area is 219 Å². The van der Waals surface area contributed by atoms with Crippen LogP contribution in [0, 0.1) is 30.4 Å². The van der Waals surface area contributed by atoms with Crippen molar-refractivity contribution in [2.45, 2.75) is 44.6 Å². The third-order valence-corrected chi connectivity index (χ3v) is 9.46. The lowest BCUT2D eigenvalue weighted by Crippen LogP contribution is -2.44. The number of hydrogen-bond donors (Lipinski definition) is 1. The first kappa shape index (κ1) is 27.2. The predicted molar refractivity (Wildman–Crippen MR) is 138 cm³/mol. The summed E-state index contributed by atoms with van der Waals surface area (Å²) in [6.07, 6.45) is 3.39. The number of carbonyl (C=O) groups excluding carboxylic acids is 1. The second-order valence-electron chi connectivity index (χ2n) is 9.38. The monoisotopic (exact) mass is 549 g/mol. The molecule has 11 heteroatoms. The van der Waals surface area contributed by atoms with Gasteiger partial charge in [0.05, 0.1) is 6.04 Å². The topological polar surface area (TPSA) is 92.5 Å². The Hall–Kier alpha value is -2.89. The molecule has 1 N–H and O–H groups in total. The zero-order valence-corrected chi connectivity index (χ0v) is 22.4. The minimum atomic E-state index is -3.98. The average molecular weight is 550 g/mol. The number of hydrogen-bond acceptors (Lipinski definition) is 6. The Bertz CT molecular complexity index is 1380. The molecule has 0 aliphatic carbocycles. The van der Waals surface area contributed by atoms with E-state index in [2.05, 4.69) is 24.3 Å². The van der Waals surface area contributed by atoms with E-state index in [0.717, 1.165) is 17.0 Å². The molecule has 0 saturated carbocycles. The van der Waals surface area contributed by atoms with Crippen LogP contribution >= 0.6 is 11.3 Å². The molecule has 1 fully saturated rings. The Morgan fingerprint density at radius 2 is 1.95 bits per heavy atom. The Morgan fingerprint density at radius 3 is 2.57 bits per heavy atom. The van der Waals surface area contributed by atoms with Crippen LogP contribution in [0.25, 0.3) is 12.2 Å². The molecule has 0 unspecified atom stereocenters. The number of rotatable bonds is 8. The van der Waals surface area contributed by atoms with Gasteiger partial charge in [-0.2, -0.15) is 4.31 Å². The van der Waals surface area contributed by atoms with Gasteiger partial charge in [0.1, 0.15) is 17.3 Å². The van der Waals surface area contributed by atoms with Gasteiger partial charge < -0.3 is 9.84 Å². The fourth-order valence-corrected chi connectivity index (χ4v) is 7.06. The molecule has 1 aliphatic heterocycles. The molecule has 0 radical (unpaired) electrons. The van der Waals surface area contributed by atoms with E-state index in [0.29, 0.717) is 12.8 Å². The third-order valence-electron chi connectivity index (χ3n) is 6.45. The second kappa shape index (κ2) is 11.2. The fourth-order valence-electron chi connectivity index (χ4n) is 4.39. The summed E-state index contributed by atoms with van der Waals surface area (Å²) >= 11 is 1.60. The summed E-state index contributed by atoms with van der Waals surface area (Å²) in [7, 11) is -3.98. The van der Waals surface area contributed by atoms with Crippen LogP contribution in [0.2, 0.25) is 0 Å². The molecule has 0 bridgehead atoms. The molecule has 1 saturated heterocycles. The van der Waals surface area contributed by atoms with Crippen LogP contribution in [0.15, 0.2) is 45.1 Å². The third kappa shape index (κ3) is 6.00. The smallest absolute Gasteiger partial charge is 0.248 e. The zero-order valence-electron chi connectivity index (χ0n) is 20.8. The van der Waals surface area contributed by atoms with Crippen molar-refractivity contribution in [2.75, 3.05) is 13.1 Å². The van der Waals surface area contributed by atoms with Gasteiger partial charge in [-0.3, -0.25) is 4.79 Å². The molecule has 3 aromatic rings. The van der Waals surface area contributed by atoms with Crippen molar-refractivity contribution in [1.29, 1.82) is 0 Å². The normalized spacial score (nSPS) is 16.5. The Balaban J connectivity index is 1.45. The molecule has 1 atom stereocenters. The maximum Gasteiger partial charge on any atom is 0.248 e. The number of piperidine rings is 1. The van der Waals surface area contributed by atoms with Gasteiger partial charge in [0.15, 0.2) is 10.7 Å².